The molecule has 0 bridgehead atoms. The first kappa shape index (κ1) is 8.82. The van der Waals surface area contributed by atoms with Crippen molar-refractivity contribution < 1.29 is 9.53 Å². The molecule has 6 nitrogen and oxygen atoms in total. The Morgan fingerprint density at radius 3 is 3.07 bits per heavy atom. The van der Waals surface area contributed by atoms with Crippen molar-refractivity contribution in [1.82, 2.24) is 19.8 Å². The zero-order valence-corrected chi connectivity index (χ0v) is 8.04. The van der Waals surface area contributed by atoms with E-state index in [-0.39, 0.29) is 5.69 Å². The van der Waals surface area contributed by atoms with Gasteiger partial charge in [-0.2, -0.15) is 14.7 Å². The highest BCUT2D eigenvalue weighted by molar-refractivity contribution is 7.03. The first-order valence-corrected chi connectivity index (χ1v) is 4.56. The number of aromatic nitrogens is 4. The molecule has 2 aromatic heterocycles. The Morgan fingerprint density at radius 1 is 1.57 bits per heavy atom. The number of nitrogens with zero attached hydrogens (tertiary/aromatic N) is 3. The lowest BCUT2D eigenvalue weighted by atomic mass is 10.2. The smallest absolute Gasteiger partial charge is 0.360 e. The zero-order valence-electron chi connectivity index (χ0n) is 7.22. The van der Waals surface area contributed by atoms with Gasteiger partial charge in [-0.3, -0.25) is 0 Å². The molecule has 0 saturated carbocycles. The second-order valence-corrected chi connectivity index (χ2v) is 3.06. The maximum absolute atomic E-state index is 11.2. The van der Waals surface area contributed by atoms with Gasteiger partial charge < -0.3 is 4.74 Å². The fourth-order valence-electron chi connectivity index (χ4n) is 0.983. The van der Waals surface area contributed by atoms with Gasteiger partial charge in [0.2, 0.25) is 0 Å². The molecule has 0 atom stereocenters. The van der Waals surface area contributed by atoms with Gasteiger partial charge in [0.15, 0.2) is 5.69 Å². The molecule has 2 heterocycles. The SMILES string of the molecule is COC(=O)c1n[nH]nc1-c1ccsn1. The average Bonchev–Trinajstić information content (AvgIpc) is 2.85. The number of nitrogens with one attached hydrogen (secondary N) is 1. The van der Waals surface area contributed by atoms with Crippen LogP contribution in [0, 0.1) is 0 Å². The van der Waals surface area contributed by atoms with E-state index in [4.69, 9.17) is 0 Å². The third-order valence-electron chi connectivity index (χ3n) is 1.61. The van der Waals surface area contributed by atoms with E-state index >= 15 is 0 Å². The van der Waals surface area contributed by atoms with Crippen LogP contribution in [0.1, 0.15) is 10.5 Å². The molecule has 0 aliphatic heterocycles. The molecule has 0 unspecified atom stereocenters. The number of H-pyrrole nitrogens is 1. The Kier molecular flexibility index (Phi) is 2.23. The van der Waals surface area contributed by atoms with Crippen molar-refractivity contribution in [2.24, 2.45) is 0 Å². The molecule has 1 N–H and O–H groups in total. The Bertz CT molecular complexity index is 436. The quantitative estimate of drug-likeness (QED) is 0.738. The first-order valence-electron chi connectivity index (χ1n) is 3.72. The summed E-state index contributed by atoms with van der Waals surface area (Å²) in [5, 5.41) is 11.7. The minimum atomic E-state index is -0.526. The van der Waals surface area contributed by atoms with E-state index in [1.54, 1.807) is 11.4 Å². The molecule has 0 spiro atoms. The summed E-state index contributed by atoms with van der Waals surface area (Å²) in [5.41, 5.74) is 1.18. The van der Waals surface area contributed by atoms with E-state index in [2.05, 4.69) is 24.5 Å². The van der Waals surface area contributed by atoms with Gasteiger partial charge in [0.1, 0.15) is 11.4 Å². The minimum Gasteiger partial charge on any atom is -0.464 e. The molecule has 0 radical (unpaired) electrons. The predicted molar refractivity (Wildman–Crippen MR) is 48.8 cm³/mol. The van der Waals surface area contributed by atoms with Gasteiger partial charge in [0, 0.05) is 5.38 Å². The van der Waals surface area contributed by atoms with Crippen molar-refractivity contribution in [1.29, 1.82) is 0 Å². The Hall–Kier alpha value is -1.76. The summed E-state index contributed by atoms with van der Waals surface area (Å²) >= 11 is 1.28. The number of esters is 1. The van der Waals surface area contributed by atoms with Crippen LogP contribution < -0.4 is 0 Å². The van der Waals surface area contributed by atoms with Gasteiger partial charge in [0.05, 0.1) is 7.11 Å². The van der Waals surface area contributed by atoms with Crippen molar-refractivity contribution in [2.45, 2.75) is 0 Å². The van der Waals surface area contributed by atoms with E-state index < -0.39 is 5.97 Å². The molecule has 0 aromatic carbocycles. The van der Waals surface area contributed by atoms with Crippen molar-refractivity contribution in [3.8, 4) is 11.4 Å². The molecule has 14 heavy (non-hydrogen) atoms. The molecule has 0 saturated heterocycles. The van der Waals surface area contributed by atoms with Gasteiger partial charge in [0.25, 0.3) is 0 Å². The maximum atomic E-state index is 11.2. The van der Waals surface area contributed by atoms with Gasteiger partial charge >= 0.3 is 5.97 Å². The molecular formula is C7H6N4O2S. The zero-order chi connectivity index (χ0) is 9.97. The highest BCUT2D eigenvalue weighted by atomic mass is 32.1. The number of carbonyl (C=O) groups excluding carboxylic acids is 1. The summed E-state index contributed by atoms with van der Waals surface area (Å²) in [6.07, 6.45) is 0. The number of hydrogen-bond acceptors (Lipinski definition) is 6. The van der Waals surface area contributed by atoms with Crippen LogP contribution in [0.5, 0.6) is 0 Å². The van der Waals surface area contributed by atoms with Gasteiger partial charge in [-0.1, -0.05) is 0 Å². The fraction of sp³-hybridized carbons (Fsp3) is 0.143. The topological polar surface area (TPSA) is 80.8 Å². The highest BCUT2D eigenvalue weighted by Crippen LogP contribution is 2.18. The third kappa shape index (κ3) is 1.37. The largest absolute Gasteiger partial charge is 0.464 e. The Labute approximate surface area is 83.1 Å². The third-order valence-corrected chi connectivity index (χ3v) is 2.17. The molecule has 0 fully saturated rings. The lowest BCUT2D eigenvalue weighted by molar-refractivity contribution is 0.0595. The van der Waals surface area contributed by atoms with E-state index in [1.807, 2.05) is 0 Å². The molecular weight excluding hydrogens is 204 g/mol. The Balaban J connectivity index is 2.45. The van der Waals surface area contributed by atoms with Crippen LogP contribution in [-0.2, 0) is 4.74 Å². The summed E-state index contributed by atoms with van der Waals surface area (Å²) in [5.74, 6) is -0.526. The maximum Gasteiger partial charge on any atom is 0.360 e. The van der Waals surface area contributed by atoms with Crippen molar-refractivity contribution >= 4 is 17.5 Å². The lowest BCUT2D eigenvalue weighted by Gasteiger charge is -1.94. The van der Waals surface area contributed by atoms with Gasteiger partial charge in [-0.05, 0) is 17.6 Å². The number of hydrogen-bond donors (Lipinski definition) is 1. The van der Waals surface area contributed by atoms with Crippen LogP contribution >= 0.6 is 11.5 Å². The van der Waals surface area contributed by atoms with Crippen molar-refractivity contribution in [2.75, 3.05) is 7.11 Å². The summed E-state index contributed by atoms with van der Waals surface area (Å²) < 4.78 is 8.59. The molecule has 2 aromatic rings. The van der Waals surface area contributed by atoms with Crippen LogP contribution in [-0.4, -0.2) is 32.9 Å². The molecule has 2 rings (SSSR count). The number of aromatic amines is 1. The number of ether oxygens (including phenoxy) is 1. The lowest BCUT2D eigenvalue weighted by Crippen LogP contribution is -2.03. The van der Waals surface area contributed by atoms with Crippen LogP contribution in [0.25, 0.3) is 11.4 Å². The van der Waals surface area contributed by atoms with Crippen LogP contribution in [0.4, 0.5) is 0 Å². The Morgan fingerprint density at radius 2 is 2.43 bits per heavy atom. The molecule has 0 aliphatic carbocycles. The van der Waals surface area contributed by atoms with E-state index in [1.165, 1.54) is 18.6 Å². The summed E-state index contributed by atoms with van der Waals surface area (Å²) in [6.45, 7) is 0. The van der Waals surface area contributed by atoms with E-state index in [0.717, 1.165) is 0 Å². The van der Waals surface area contributed by atoms with Crippen LogP contribution in [0.2, 0.25) is 0 Å². The van der Waals surface area contributed by atoms with Gasteiger partial charge in [-0.25, -0.2) is 4.79 Å². The van der Waals surface area contributed by atoms with E-state index in [0.29, 0.717) is 11.4 Å². The predicted octanol–water partition coefficient (Wildman–Crippen LogP) is 0.715. The molecule has 72 valence electrons. The molecule has 7 heteroatoms. The summed E-state index contributed by atoms with van der Waals surface area (Å²) in [6, 6.07) is 1.76. The van der Waals surface area contributed by atoms with Crippen molar-refractivity contribution in [3.05, 3.63) is 17.1 Å². The summed E-state index contributed by atoms with van der Waals surface area (Å²) in [4.78, 5) is 11.2. The van der Waals surface area contributed by atoms with E-state index in [9.17, 15) is 4.79 Å². The first-order chi connectivity index (χ1) is 6.83. The minimum absolute atomic E-state index is 0.151. The number of carbonyl (C=O) groups is 1. The van der Waals surface area contributed by atoms with Gasteiger partial charge in [-0.15, -0.1) is 5.10 Å². The number of rotatable bonds is 2. The summed E-state index contributed by atoms with van der Waals surface area (Å²) in [7, 11) is 1.29. The van der Waals surface area contributed by atoms with Crippen LogP contribution in [0.3, 0.4) is 0 Å². The van der Waals surface area contributed by atoms with Crippen molar-refractivity contribution in [3.63, 3.8) is 0 Å². The van der Waals surface area contributed by atoms with Crippen LogP contribution in [0.15, 0.2) is 11.4 Å². The highest BCUT2D eigenvalue weighted by Gasteiger charge is 2.19. The molecule has 0 aliphatic rings. The normalized spacial score (nSPS) is 10.1. The second kappa shape index (κ2) is 3.54. The average molecular weight is 210 g/mol. The molecule has 0 amide bonds. The number of methoxy groups -OCH3 is 1. The monoisotopic (exact) mass is 210 g/mol. The second-order valence-electron chi connectivity index (χ2n) is 2.40. The fourth-order valence-corrected chi connectivity index (χ4v) is 1.49. The standard InChI is InChI=1S/C7H6N4O2S/c1-13-7(12)6-5(8-11-9-6)4-2-3-14-10-4/h2-3H,1H3,(H,8,9,11).